The molecule has 1 aromatic rings. The zero-order chi connectivity index (χ0) is 16.7. The minimum absolute atomic E-state index is 0. The van der Waals surface area contributed by atoms with Gasteiger partial charge in [-0.25, -0.2) is 4.99 Å². The summed E-state index contributed by atoms with van der Waals surface area (Å²) in [4.78, 5) is 18.1. The van der Waals surface area contributed by atoms with Gasteiger partial charge in [0.05, 0.1) is 6.54 Å². The number of nitrogens with one attached hydrogen (secondary N) is 2. The predicted octanol–water partition coefficient (Wildman–Crippen LogP) is 3.00. The first-order valence-corrected chi connectivity index (χ1v) is 8.45. The van der Waals surface area contributed by atoms with E-state index in [9.17, 15) is 4.79 Å². The van der Waals surface area contributed by atoms with Gasteiger partial charge in [0.15, 0.2) is 5.96 Å². The Labute approximate surface area is 162 Å². The second-order valence-corrected chi connectivity index (χ2v) is 6.22. The van der Waals surface area contributed by atoms with Crippen molar-refractivity contribution in [2.45, 2.75) is 45.2 Å². The van der Waals surface area contributed by atoms with Crippen molar-refractivity contribution in [2.24, 2.45) is 4.99 Å². The quantitative estimate of drug-likeness (QED) is 0.417. The van der Waals surface area contributed by atoms with Gasteiger partial charge < -0.3 is 15.5 Å². The molecule has 0 atom stereocenters. The lowest BCUT2D eigenvalue weighted by Crippen LogP contribution is -2.42. The zero-order valence-electron chi connectivity index (χ0n) is 14.8. The molecule has 134 valence electrons. The number of amides is 1. The summed E-state index contributed by atoms with van der Waals surface area (Å²) in [6.07, 6.45) is 5.06. The Kier molecular flexibility index (Phi) is 9.10. The molecule has 0 unspecified atom stereocenters. The zero-order valence-corrected chi connectivity index (χ0v) is 17.2. The summed E-state index contributed by atoms with van der Waals surface area (Å²) in [6.45, 7) is 3.54. The molecule has 2 rings (SSSR count). The van der Waals surface area contributed by atoms with Crippen LogP contribution in [0.3, 0.4) is 0 Å². The SMILES string of the molecule is CCNC(=NCc1ccc(C(=O)N(C)C)cc1)NC1CCCC1.I. The van der Waals surface area contributed by atoms with Crippen molar-refractivity contribution in [2.75, 3.05) is 20.6 Å². The highest BCUT2D eigenvalue weighted by Gasteiger charge is 2.15. The van der Waals surface area contributed by atoms with Gasteiger partial charge >= 0.3 is 0 Å². The fourth-order valence-corrected chi connectivity index (χ4v) is 2.76. The summed E-state index contributed by atoms with van der Waals surface area (Å²) in [5.41, 5.74) is 1.81. The van der Waals surface area contributed by atoms with E-state index in [1.54, 1.807) is 19.0 Å². The van der Waals surface area contributed by atoms with Crippen LogP contribution in [0.2, 0.25) is 0 Å². The second kappa shape index (κ2) is 10.5. The second-order valence-electron chi connectivity index (χ2n) is 6.22. The first kappa shape index (κ1) is 20.7. The number of benzene rings is 1. The first-order valence-electron chi connectivity index (χ1n) is 8.45. The molecule has 1 aliphatic carbocycles. The van der Waals surface area contributed by atoms with Crippen molar-refractivity contribution < 1.29 is 4.79 Å². The molecule has 5 nitrogen and oxygen atoms in total. The molecule has 1 saturated carbocycles. The van der Waals surface area contributed by atoms with Crippen molar-refractivity contribution >= 4 is 35.8 Å². The largest absolute Gasteiger partial charge is 0.357 e. The van der Waals surface area contributed by atoms with E-state index in [1.165, 1.54) is 25.7 Å². The van der Waals surface area contributed by atoms with Gasteiger partial charge in [-0.15, -0.1) is 24.0 Å². The Bertz CT molecular complexity index is 536. The summed E-state index contributed by atoms with van der Waals surface area (Å²) < 4.78 is 0. The maximum Gasteiger partial charge on any atom is 0.253 e. The van der Waals surface area contributed by atoms with Crippen molar-refractivity contribution in [3.63, 3.8) is 0 Å². The molecular formula is C18H29IN4O. The Morgan fingerprint density at radius 2 is 1.83 bits per heavy atom. The molecule has 24 heavy (non-hydrogen) atoms. The van der Waals surface area contributed by atoms with Crippen LogP contribution in [-0.2, 0) is 6.54 Å². The Hall–Kier alpha value is -1.31. The summed E-state index contributed by atoms with van der Waals surface area (Å²) >= 11 is 0. The number of guanidine groups is 1. The average Bonchev–Trinajstić information content (AvgIpc) is 3.05. The molecule has 0 aromatic heterocycles. The third-order valence-electron chi connectivity index (χ3n) is 4.07. The lowest BCUT2D eigenvalue weighted by atomic mass is 10.1. The molecule has 0 bridgehead atoms. The number of carbonyl (C=O) groups is 1. The third kappa shape index (κ3) is 6.30. The fourth-order valence-electron chi connectivity index (χ4n) is 2.76. The van der Waals surface area contributed by atoms with E-state index in [0.29, 0.717) is 18.2 Å². The normalized spacial score (nSPS) is 14.9. The van der Waals surface area contributed by atoms with Gasteiger partial charge in [0.1, 0.15) is 0 Å². The Balaban J connectivity index is 0.00000288. The van der Waals surface area contributed by atoms with Gasteiger partial charge in [-0.2, -0.15) is 0 Å². The topological polar surface area (TPSA) is 56.7 Å². The van der Waals surface area contributed by atoms with Crippen LogP contribution in [-0.4, -0.2) is 43.4 Å². The summed E-state index contributed by atoms with van der Waals surface area (Å²) in [7, 11) is 3.52. The molecular weight excluding hydrogens is 415 g/mol. The van der Waals surface area contributed by atoms with E-state index >= 15 is 0 Å². The van der Waals surface area contributed by atoms with E-state index in [-0.39, 0.29) is 29.9 Å². The molecule has 1 aromatic carbocycles. The highest BCUT2D eigenvalue weighted by Crippen LogP contribution is 2.17. The number of aliphatic imine (C=N–C) groups is 1. The minimum Gasteiger partial charge on any atom is -0.357 e. The van der Waals surface area contributed by atoms with E-state index in [0.717, 1.165) is 18.1 Å². The van der Waals surface area contributed by atoms with E-state index in [1.807, 2.05) is 24.3 Å². The third-order valence-corrected chi connectivity index (χ3v) is 4.07. The van der Waals surface area contributed by atoms with Gasteiger partial charge in [-0.3, -0.25) is 4.79 Å². The number of rotatable bonds is 5. The average molecular weight is 444 g/mol. The van der Waals surface area contributed by atoms with Crippen LogP contribution in [0.25, 0.3) is 0 Å². The number of halogens is 1. The van der Waals surface area contributed by atoms with Crippen molar-refractivity contribution in [1.29, 1.82) is 0 Å². The molecule has 0 radical (unpaired) electrons. The van der Waals surface area contributed by atoms with Gasteiger partial charge in [0, 0.05) is 32.2 Å². The number of carbonyl (C=O) groups excluding carboxylic acids is 1. The molecule has 1 fully saturated rings. The van der Waals surface area contributed by atoms with Gasteiger partial charge in [-0.05, 0) is 37.5 Å². The predicted molar refractivity (Wildman–Crippen MR) is 110 cm³/mol. The molecule has 6 heteroatoms. The van der Waals surface area contributed by atoms with Gasteiger partial charge in [0.25, 0.3) is 5.91 Å². The molecule has 0 spiro atoms. The highest BCUT2D eigenvalue weighted by atomic mass is 127. The summed E-state index contributed by atoms with van der Waals surface area (Å²) in [5.74, 6) is 0.907. The van der Waals surface area contributed by atoms with Crippen molar-refractivity contribution in [3.8, 4) is 0 Å². The monoisotopic (exact) mass is 444 g/mol. The molecule has 0 aliphatic heterocycles. The Morgan fingerprint density at radius 1 is 1.21 bits per heavy atom. The summed E-state index contributed by atoms with van der Waals surface area (Å²) in [6, 6.07) is 8.22. The molecule has 1 aliphatic rings. The number of hydrogen-bond donors (Lipinski definition) is 2. The van der Waals surface area contributed by atoms with Crippen LogP contribution in [0.1, 0.15) is 48.5 Å². The van der Waals surface area contributed by atoms with Crippen LogP contribution in [0.4, 0.5) is 0 Å². The van der Waals surface area contributed by atoms with Crippen LogP contribution < -0.4 is 10.6 Å². The van der Waals surface area contributed by atoms with E-state index in [4.69, 9.17) is 0 Å². The van der Waals surface area contributed by atoms with Crippen molar-refractivity contribution in [3.05, 3.63) is 35.4 Å². The fraction of sp³-hybridized carbons (Fsp3) is 0.556. The standard InChI is InChI=1S/C18H28N4O.HI/c1-4-19-18(21-16-7-5-6-8-16)20-13-14-9-11-15(12-10-14)17(23)22(2)3;/h9-12,16H,4-8,13H2,1-3H3,(H2,19,20,21);1H. The lowest BCUT2D eigenvalue weighted by molar-refractivity contribution is 0.0827. The molecule has 0 saturated heterocycles. The summed E-state index contributed by atoms with van der Waals surface area (Å²) in [5, 5.41) is 6.81. The lowest BCUT2D eigenvalue weighted by Gasteiger charge is -2.16. The molecule has 2 N–H and O–H groups in total. The van der Waals surface area contributed by atoms with E-state index in [2.05, 4.69) is 22.5 Å². The smallest absolute Gasteiger partial charge is 0.253 e. The highest BCUT2D eigenvalue weighted by molar-refractivity contribution is 14.0. The van der Waals surface area contributed by atoms with Gasteiger partial charge in [-0.1, -0.05) is 25.0 Å². The maximum absolute atomic E-state index is 11.9. The number of hydrogen-bond acceptors (Lipinski definition) is 2. The Morgan fingerprint density at radius 3 is 2.38 bits per heavy atom. The van der Waals surface area contributed by atoms with Gasteiger partial charge in [0.2, 0.25) is 0 Å². The van der Waals surface area contributed by atoms with Crippen LogP contribution in [0, 0.1) is 0 Å². The minimum atomic E-state index is 0. The van der Waals surface area contributed by atoms with Crippen LogP contribution >= 0.6 is 24.0 Å². The van der Waals surface area contributed by atoms with Crippen molar-refractivity contribution in [1.82, 2.24) is 15.5 Å². The first-order chi connectivity index (χ1) is 11.1. The molecule has 0 heterocycles. The van der Waals surface area contributed by atoms with E-state index < -0.39 is 0 Å². The molecule has 1 amide bonds. The maximum atomic E-state index is 11.9. The van der Waals surface area contributed by atoms with Crippen LogP contribution in [0.5, 0.6) is 0 Å². The van der Waals surface area contributed by atoms with Crippen LogP contribution in [0.15, 0.2) is 29.3 Å². The number of nitrogens with zero attached hydrogens (tertiary/aromatic N) is 2.